The molecule has 5 rings (SSSR count). The number of hydrogen-bond acceptors (Lipinski definition) is 10. The van der Waals surface area contributed by atoms with E-state index in [9.17, 15) is 20.1 Å². The van der Waals surface area contributed by atoms with Crippen molar-refractivity contribution in [1.29, 1.82) is 0 Å². The van der Waals surface area contributed by atoms with Crippen LogP contribution < -0.4 is 18.9 Å². The Labute approximate surface area is 244 Å². The van der Waals surface area contributed by atoms with Gasteiger partial charge in [-0.05, 0) is 36.1 Å². The summed E-state index contributed by atoms with van der Waals surface area (Å²) < 4.78 is 29.0. The van der Waals surface area contributed by atoms with Crippen LogP contribution in [0.25, 0.3) is 0 Å². The highest BCUT2D eigenvalue weighted by Gasteiger charge is 2.78. The molecule has 1 aliphatic heterocycles. The van der Waals surface area contributed by atoms with Crippen LogP contribution in [0.15, 0.2) is 66.7 Å². The number of aliphatic hydroxyl groups excluding tert-OH is 3. The van der Waals surface area contributed by atoms with Gasteiger partial charge in [-0.3, -0.25) is 4.79 Å². The van der Waals surface area contributed by atoms with Crippen LogP contribution in [0.5, 0.6) is 23.0 Å². The number of fused-ring (bicyclic) bond motifs is 3. The van der Waals surface area contributed by atoms with Crippen LogP contribution >= 0.6 is 0 Å². The van der Waals surface area contributed by atoms with Gasteiger partial charge in [-0.25, -0.2) is 0 Å². The molecule has 3 aromatic carbocycles. The Balaban J connectivity index is 1.70. The first kappa shape index (κ1) is 29.7. The summed E-state index contributed by atoms with van der Waals surface area (Å²) in [5.74, 6) is -1.40. The van der Waals surface area contributed by atoms with Crippen molar-refractivity contribution >= 4 is 5.97 Å². The summed E-state index contributed by atoms with van der Waals surface area (Å²) in [4.78, 5) is 13.3. The lowest BCUT2D eigenvalue weighted by Gasteiger charge is -2.40. The van der Waals surface area contributed by atoms with Gasteiger partial charge >= 0.3 is 5.97 Å². The molecule has 1 fully saturated rings. The summed E-state index contributed by atoms with van der Waals surface area (Å²) in [6.45, 7) is -0.0867. The average molecular weight is 581 g/mol. The van der Waals surface area contributed by atoms with Crippen LogP contribution in [0.4, 0.5) is 0 Å². The van der Waals surface area contributed by atoms with Gasteiger partial charge in [0.1, 0.15) is 29.1 Å². The molecule has 0 spiro atoms. The Bertz CT molecular complexity index is 1390. The molecule has 0 radical (unpaired) electrons. The van der Waals surface area contributed by atoms with Gasteiger partial charge in [0.15, 0.2) is 11.2 Å². The second-order valence-electron chi connectivity index (χ2n) is 10.5. The van der Waals surface area contributed by atoms with Crippen LogP contribution in [0, 0.1) is 5.92 Å². The van der Waals surface area contributed by atoms with Crippen molar-refractivity contribution in [3.8, 4) is 23.0 Å². The number of aliphatic hydroxyl groups is 4. The zero-order valence-electron chi connectivity index (χ0n) is 23.7. The van der Waals surface area contributed by atoms with E-state index in [1.54, 1.807) is 43.5 Å². The molecule has 1 saturated carbocycles. The third-order valence-corrected chi connectivity index (χ3v) is 8.36. The number of carbonyl (C=O) groups excluding carboxylic acids is 1. The lowest BCUT2D eigenvalue weighted by Crippen LogP contribution is -2.52. The molecule has 10 nitrogen and oxygen atoms in total. The number of benzene rings is 3. The fourth-order valence-corrected chi connectivity index (χ4v) is 6.47. The van der Waals surface area contributed by atoms with E-state index in [-0.39, 0.29) is 30.3 Å². The molecule has 42 heavy (non-hydrogen) atoms. The fraction of sp³-hybridized carbons (Fsp3) is 0.406. The standard InChI is InChI=1S/C32H36O10/c1-38-22-13-11-20(12-14-22)32-27(19-8-5-4-6-9-19)26(30(36)40-3)29(35)31(32,37)28-24(39-2)16-23(17-25(28)42-32)41-15-7-10-21(34)18-33/h4-6,8-9,11-14,16-17,21,26-27,29,33-35,37H,7,10,15,18H2,1-3H3/t21-,26-,27-,29-,31+,32+/m1/s1. The van der Waals surface area contributed by atoms with Crippen molar-refractivity contribution < 1.29 is 48.9 Å². The van der Waals surface area contributed by atoms with Crippen LogP contribution in [-0.2, 0) is 20.7 Å². The summed E-state index contributed by atoms with van der Waals surface area (Å²) in [7, 11) is 4.22. The van der Waals surface area contributed by atoms with E-state index in [1.807, 2.05) is 30.3 Å². The first-order valence-corrected chi connectivity index (χ1v) is 13.8. The van der Waals surface area contributed by atoms with Crippen molar-refractivity contribution in [2.75, 3.05) is 34.5 Å². The molecule has 10 heteroatoms. The van der Waals surface area contributed by atoms with Crippen molar-refractivity contribution in [3.63, 3.8) is 0 Å². The van der Waals surface area contributed by atoms with E-state index in [1.165, 1.54) is 14.2 Å². The fourth-order valence-electron chi connectivity index (χ4n) is 6.47. The monoisotopic (exact) mass is 580 g/mol. The SMILES string of the molecule is COC(=O)[C@H]1[C@@H](O)[C@@]2(O)c3c(OC)cc(OCCC[C@@H](O)CO)cc3O[C@@]2(c2ccc(OC)cc2)[C@@H]1c1ccccc1. The Hall–Kier alpha value is -3.83. The topological polar surface area (TPSA) is 144 Å². The minimum Gasteiger partial charge on any atom is -0.497 e. The number of rotatable bonds is 11. The number of methoxy groups -OCH3 is 3. The average Bonchev–Trinajstić information content (AvgIpc) is 3.40. The molecule has 4 N–H and O–H groups in total. The quantitative estimate of drug-likeness (QED) is 0.197. The van der Waals surface area contributed by atoms with E-state index in [0.717, 1.165) is 0 Å². The van der Waals surface area contributed by atoms with Crippen LogP contribution in [0.1, 0.15) is 35.4 Å². The van der Waals surface area contributed by atoms with Crippen LogP contribution in [0.2, 0.25) is 0 Å². The summed E-state index contributed by atoms with van der Waals surface area (Å²) in [6, 6.07) is 19.3. The summed E-state index contributed by atoms with van der Waals surface area (Å²) in [6.07, 6.45) is -1.64. The van der Waals surface area contributed by atoms with Crippen molar-refractivity contribution in [2.45, 2.75) is 42.2 Å². The molecule has 2 aliphatic rings. The van der Waals surface area contributed by atoms with Crippen molar-refractivity contribution in [1.82, 2.24) is 0 Å². The van der Waals surface area contributed by atoms with Crippen molar-refractivity contribution in [3.05, 3.63) is 83.4 Å². The van der Waals surface area contributed by atoms with Gasteiger partial charge in [0.05, 0.1) is 52.1 Å². The lowest BCUT2D eigenvalue weighted by molar-refractivity contribution is -0.161. The van der Waals surface area contributed by atoms with Crippen LogP contribution in [0.3, 0.4) is 0 Å². The van der Waals surface area contributed by atoms with E-state index in [4.69, 9.17) is 28.8 Å². The summed E-state index contributed by atoms with van der Waals surface area (Å²) in [5.41, 5.74) is -2.51. The van der Waals surface area contributed by atoms with Gasteiger partial charge in [0, 0.05) is 18.1 Å². The Morgan fingerprint density at radius 1 is 1.00 bits per heavy atom. The molecule has 3 aromatic rings. The molecule has 1 aliphatic carbocycles. The third-order valence-electron chi connectivity index (χ3n) is 8.36. The van der Waals surface area contributed by atoms with E-state index in [0.29, 0.717) is 35.5 Å². The molecule has 0 unspecified atom stereocenters. The maximum atomic E-state index is 13.3. The van der Waals surface area contributed by atoms with Crippen molar-refractivity contribution in [2.24, 2.45) is 5.92 Å². The Morgan fingerprint density at radius 2 is 1.71 bits per heavy atom. The maximum Gasteiger partial charge on any atom is 0.312 e. The Kier molecular flexibility index (Phi) is 8.34. The predicted octanol–water partition coefficient (Wildman–Crippen LogP) is 2.64. The summed E-state index contributed by atoms with van der Waals surface area (Å²) in [5, 5.41) is 43.5. The van der Waals surface area contributed by atoms with Gasteiger partial charge in [0.25, 0.3) is 0 Å². The number of hydrogen-bond donors (Lipinski definition) is 4. The van der Waals surface area contributed by atoms with E-state index in [2.05, 4.69) is 0 Å². The predicted molar refractivity (Wildman–Crippen MR) is 151 cm³/mol. The second kappa shape index (κ2) is 11.8. The second-order valence-corrected chi connectivity index (χ2v) is 10.5. The molecule has 0 aromatic heterocycles. The molecule has 0 amide bonds. The molecule has 0 saturated heterocycles. The highest BCUT2D eigenvalue weighted by Crippen LogP contribution is 2.70. The number of carbonyl (C=O) groups is 1. The third kappa shape index (κ3) is 4.55. The zero-order valence-corrected chi connectivity index (χ0v) is 23.7. The number of ether oxygens (including phenoxy) is 5. The Morgan fingerprint density at radius 3 is 2.33 bits per heavy atom. The molecular formula is C32H36O10. The van der Waals surface area contributed by atoms with Gasteiger partial charge in [-0.15, -0.1) is 0 Å². The highest BCUT2D eigenvalue weighted by molar-refractivity contribution is 5.78. The zero-order chi connectivity index (χ0) is 30.1. The smallest absolute Gasteiger partial charge is 0.312 e. The number of esters is 1. The largest absolute Gasteiger partial charge is 0.497 e. The summed E-state index contributed by atoms with van der Waals surface area (Å²) >= 11 is 0. The first-order valence-electron chi connectivity index (χ1n) is 13.8. The minimum absolute atomic E-state index is 0.184. The normalized spacial score (nSPS) is 26.5. The van der Waals surface area contributed by atoms with Gasteiger partial charge in [-0.2, -0.15) is 0 Å². The van der Waals surface area contributed by atoms with E-state index >= 15 is 0 Å². The molecule has 224 valence electrons. The van der Waals surface area contributed by atoms with Crippen LogP contribution in [-0.4, -0.2) is 73.1 Å². The van der Waals surface area contributed by atoms with Gasteiger partial charge < -0.3 is 44.1 Å². The highest BCUT2D eigenvalue weighted by atomic mass is 16.6. The van der Waals surface area contributed by atoms with E-state index < -0.39 is 41.2 Å². The van der Waals surface area contributed by atoms with Gasteiger partial charge in [-0.1, -0.05) is 42.5 Å². The molecular weight excluding hydrogens is 544 g/mol. The van der Waals surface area contributed by atoms with Gasteiger partial charge in [0.2, 0.25) is 0 Å². The molecule has 0 bridgehead atoms. The maximum absolute atomic E-state index is 13.3. The molecule has 6 atom stereocenters. The lowest BCUT2D eigenvalue weighted by atomic mass is 9.70. The first-order chi connectivity index (χ1) is 20.3. The minimum atomic E-state index is -2.16. The molecule has 1 heterocycles.